The molecule has 5 rings (SSSR count). The van der Waals surface area contributed by atoms with E-state index in [0.717, 1.165) is 34.6 Å². The van der Waals surface area contributed by atoms with E-state index >= 15 is 8.78 Å². The third-order valence-electron chi connectivity index (χ3n) is 7.46. The molecule has 45 heavy (non-hydrogen) atoms. The zero-order valence-electron chi connectivity index (χ0n) is 26.9. The smallest absolute Gasteiger partial charge is 0.289 e. The lowest BCUT2D eigenvalue weighted by molar-refractivity contribution is 0.0899. The SMILES string of the molecule is CC1(C)CN=C(Nc2cc(F)c(Oc3ccnc4c3c(-c3ccc(P(C)(C)=O)cc3)cn4COCC[Si](C)(C)C)c(F)c2)OC1. The number of hydrogen-bond donors (Lipinski definition) is 1. The van der Waals surface area contributed by atoms with Crippen molar-refractivity contribution < 1.29 is 27.6 Å². The molecule has 0 saturated heterocycles. The first kappa shape index (κ1) is 32.8. The molecule has 0 radical (unpaired) electrons. The summed E-state index contributed by atoms with van der Waals surface area (Å²) in [7, 11) is -3.74. The molecule has 1 aliphatic rings. The summed E-state index contributed by atoms with van der Waals surface area (Å²) in [6.07, 6.45) is 3.44. The molecule has 0 saturated carbocycles. The van der Waals surface area contributed by atoms with E-state index in [1.54, 1.807) is 25.6 Å². The number of hydrogen-bond acceptors (Lipinski definition) is 7. The van der Waals surface area contributed by atoms with E-state index in [0.29, 0.717) is 30.8 Å². The molecule has 0 spiro atoms. The van der Waals surface area contributed by atoms with Gasteiger partial charge in [0.25, 0.3) is 6.02 Å². The van der Waals surface area contributed by atoms with E-state index in [1.807, 2.05) is 48.9 Å². The molecular weight excluding hydrogens is 613 g/mol. The lowest BCUT2D eigenvalue weighted by Gasteiger charge is -2.28. The van der Waals surface area contributed by atoms with Gasteiger partial charge in [-0.05, 0) is 31.0 Å². The Hall–Kier alpha value is -3.53. The number of fused-ring (bicyclic) bond motifs is 1. The van der Waals surface area contributed by atoms with Gasteiger partial charge in [-0.25, -0.2) is 18.8 Å². The largest absolute Gasteiger partial charge is 0.464 e. The Morgan fingerprint density at radius 1 is 1.09 bits per heavy atom. The predicted octanol–water partition coefficient (Wildman–Crippen LogP) is 8.16. The highest BCUT2D eigenvalue weighted by Gasteiger charge is 2.25. The summed E-state index contributed by atoms with van der Waals surface area (Å²) in [5, 5.41) is 4.18. The molecule has 8 nitrogen and oxygen atoms in total. The molecule has 1 aliphatic heterocycles. The first-order valence-electron chi connectivity index (χ1n) is 14.9. The summed E-state index contributed by atoms with van der Waals surface area (Å²) in [4.78, 5) is 8.92. The third kappa shape index (κ3) is 8.01. The second-order valence-electron chi connectivity index (χ2n) is 13.8. The van der Waals surface area contributed by atoms with Gasteiger partial charge in [-0.3, -0.25) is 0 Å². The van der Waals surface area contributed by atoms with E-state index in [9.17, 15) is 4.57 Å². The molecule has 240 valence electrons. The maximum Gasteiger partial charge on any atom is 0.289 e. The van der Waals surface area contributed by atoms with Crippen LogP contribution in [0.5, 0.6) is 11.5 Å². The normalized spacial score (nSPS) is 15.1. The Balaban J connectivity index is 1.49. The van der Waals surface area contributed by atoms with Crippen molar-refractivity contribution >= 4 is 43.3 Å². The maximum atomic E-state index is 15.4. The van der Waals surface area contributed by atoms with Gasteiger partial charge in [0, 0.05) is 61.2 Å². The fraction of sp³-hybridized carbons (Fsp3) is 0.394. The molecule has 0 unspecified atom stereocenters. The van der Waals surface area contributed by atoms with Crippen molar-refractivity contribution in [2.24, 2.45) is 10.4 Å². The van der Waals surface area contributed by atoms with Crippen molar-refractivity contribution in [2.45, 2.75) is 46.3 Å². The number of ether oxygens (including phenoxy) is 3. The first-order chi connectivity index (χ1) is 21.1. The van der Waals surface area contributed by atoms with E-state index in [2.05, 4.69) is 34.9 Å². The molecule has 12 heteroatoms. The summed E-state index contributed by atoms with van der Waals surface area (Å²) < 4.78 is 63.0. The van der Waals surface area contributed by atoms with Crippen LogP contribution in [0.1, 0.15) is 13.8 Å². The monoisotopic (exact) mass is 654 g/mol. The number of nitrogens with zero attached hydrogens (tertiary/aromatic N) is 3. The number of halogens is 2. The van der Waals surface area contributed by atoms with Crippen LogP contribution in [0.4, 0.5) is 14.5 Å². The molecule has 0 fully saturated rings. The third-order valence-corrected chi connectivity index (χ3v) is 10.7. The molecular formula is C33H41F2N4O4PSi. The topological polar surface area (TPSA) is 87.0 Å². The van der Waals surface area contributed by atoms with Crippen LogP contribution < -0.4 is 15.4 Å². The van der Waals surface area contributed by atoms with Crippen LogP contribution in [0.3, 0.4) is 0 Å². The van der Waals surface area contributed by atoms with Gasteiger partial charge in [0.2, 0.25) is 0 Å². The Morgan fingerprint density at radius 2 is 1.78 bits per heavy atom. The van der Waals surface area contributed by atoms with Crippen molar-refractivity contribution in [1.82, 2.24) is 9.55 Å². The number of nitrogens with one attached hydrogen (secondary N) is 1. The predicted molar refractivity (Wildman–Crippen MR) is 180 cm³/mol. The lowest BCUT2D eigenvalue weighted by atomic mass is 9.95. The van der Waals surface area contributed by atoms with Crippen LogP contribution in [-0.4, -0.2) is 56.7 Å². The molecule has 4 aromatic rings. The van der Waals surface area contributed by atoms with Crippen LogP contribution >= 0.6 is 7.14 Å². The molecule has 0 aliphatic carbocycles. The van der Waals surface area contributed by atoms with Gasteiger partial charge >= 0.3 is 0 Å². The highest BCUT2D eigenvalue weighted by Crippen LogP contribution is 2.41. The average molecular weight is 655 g/mol. The van der Waals surface area contributed by atoms with Crippen molar-refractivity contribution in [3.05, 3.63) is 66.5 Å². The number of benzene rings is 2. The lowest BCUT2D eigenvalue weighted by Crippen LogP contribution is -2.33. The minimum atomic E-state index is -2.46. The molecule has 1 N–H and O–H groups in total. The number of amidine groups is 1. The number of aromatic nitrogens is 2. The molecule has 0 atom stereocenters. The van der Waals surface area contributed by atoms with E-state index in [1.165, 1.54) is 0 Å². The maximum absolute atomic E-state index is 15.4. The van der Waals surface area contributed by atoms with E-state index in [4.69, 9.17) is 14.2 Å². The fourth-order valence-corrected chi connectivity index (χ4v) is 6.43. The van der Waals surface area contributed by atoms with Gasteiger partial charge in [0.1, 0.15) is 25.3 Å². The summed E-state index contributed by atoms with van der Waals surface area (Å²) in [5.74, 6) is -2.09. The Kier molecular flexibility index (Phi) is 9.27. The van der Waals surface area contributed by atoms with Crippen molar-refractivity contribution in [2.75, 3.05) is 38.4 Å². The zero-order valence-corrected chi connectivity index (χ0v) is 28.8. The van der Waals surface area contributed by atoms with Gasteiger partial charge in [0.05, 0.1) is 18.5 Å². The minimum Gasteiger partial charge on any atom is -0.464 e. The standard InChI is InChI=1S/C33H41F2N4O4PSi/c1-33(2)19-37-32(42-20-33)38-23-16-26(34)30(27(35)17-23)43-28-12-13-36-31-29(28)25(18-39(31)21-41-14-15-45(5,6)7)22-8-10-24(11-9-22)44(3,4)40/h8-13,16-18H,14-15,19-21H2,1-7H3,(H,37,38). The Morgan fingerprint density at radius 3 is 2.38 bits per heavy atom. The highest BCUT2D eigenvalue weighted by molar-refractivity contribution is 7.70. The number of anilines is 1. The van der Waals surface area contributed by atoms with Gasteiger partial charge in [0.15, 0.2) is 17.4 Å². The highest BCUT2D eigenvalue weighted by atomic mass is 31.2. The Bertz CT molecular complexity index is 1760. The summed E-state index contributed by atoms with van der Waals surface area (Å²) in [6, 6.07) is 12.5. The molecule has 0 bridgehead atoms. The van der Waals surface area contributed by atoms with Gasteiger partial charge < -0.3 is 28.7 Å². The Labute approximate surface area is 264 Å². The fourth-order valence-electron chi connectivity index (χ4n) is 4.81. The van der Waals surface area contributed by atoms with Gasteiger partial charge in [-0.2, -0.15) is 0 Å². The van der Waals surface area contributed by atoms with Crippen LogP contribution in [0.2, 0.25) is 25.7 Å². The quantitative estimate of drug-likeness (QED) is 0.106. The number of aliphatic imine (C=N–C) groups is 1. The summed E-state index contributed by atoms with van der Waals surface area (Å²) >= 11 is 0. The van der Waals surface area contributed by atoms with Crippen LogP contribution in [0, 0.1) is 17.0 Å². The second-order valence-corrected chi connectivity index (χ2v) is 22.7. The van der Waals surface area contributed by atoms with Gasteiger partial charge in [-0.1, -0.05) is 57.8 Å². The summed E-state index contributed by atoms with van der Waals surface area (Å²) in [6.45, 7) is 16.2. The van der Waals surface area contributed by atoms with Crippen LogP contribution in [0.15, 0.2) is 59.9 Å². The van der Waals surface area contributed by atoms with Crippen molar-refractivity contribution in [3.63, 3.8) is 0 Å². The first-order valence-corrected chi connectivity index (χ1v) is 21.2. The van der Waals surface area contributed by atoms with Crippen LogP contribution in [0.25, 0.3) is 22.2 Å². The average Bonchev–Trinajstić information content (AvgIpc) is 3.33. The molecule has 3 heterocycles. The minimum absolute atomic E-state index is 0.108. The summed E-state index contributed by atoms with van der Waals surface area (Å²) in [5.41, 5.74) is 2.15. The van der Waals surface area contributed by atoms with E-state index < -0.39 is 32.6 Å². The second kappa shape index (κ2) is 12.7. The van der Waals surface area contributed by atoms with Gasteiger partial charge in [-0.15, -0.1) is 0 Å². The number of pyridine rings is 1. The van der Waals surface area contributed by atoms with E-state index in [-0.39, 0.29) is 29.6 Å². The molecule has 2 aromatic heterocycles. The number of rotatable bonds is 10. The molecule has 0 amide bonds. The van der Waals surface area contributed by atoms with Crippen molar-refractivity contribution in [3.8, 4) is 22.6 Å². The zero-order chi connectivity index (χ0) is 32.6. The van der Waals surface area contributed by atoms with Crippen molar-refractivity contribution in [1.29, 1.82) is 0 Å². The van der Waals surface area contributed by atoms with Crippen LogP contribution in [-0.2, 0) is 20.8 Å². The molecule has 2 aromatic carbocycles.